The number of nitrogens with one attached hydrogen (secondary N) is 2. The van der Waals surface area contributed by atoms with Gasteiger partial charge in [-0.2, -0.15) is 0 Å². The van der Waals surface area contributed by atoms with Crippen LogP contribution < -0.4 is 10.6 Å². The fraction of sp³-hybridized carbons (Fsp3) is 0.562. The van der Waals surface area contributed by atoms with Crippen LogP contribution in [0.1, 0.15) is 31.2 Å². The molecular weight excluding hydrogens is 364 g/mol. The highest BCUT2D eigenvalue weighted by Crippen LogP contribution is 2.34. The first-order valence-corrected chi connectivity index (χ1v) is 11.6. The minimum Gasteiger partial charge on any atom is -0.338 e. The molecule has 2 amide bonds. The summed E-state index contributed by atoms with van der Waals surface area (Å²) in [4.78, 5) is 12.4. The van der Waals surface area contributed by atoms with Crippen LogP contribution in [0.25, 0.3) is 0 Å². The maximum Gasteiger partial charge on any atom is 0.315 e. The van der Waals surface area contributed by atoms with Crippen LogP contribution in [0.4, 0.5) is 4.79 Å². The quantitative estimate of drug-likeness (QED) is 0.799. The molecule has 2 N–H and O–H groups in total. The Morgan fingerprint density at radius 1 is 1.12 bits per heavy atom. The van der Waals surface area contributed by atoms with Gasteiger partial charge in [0.15, 0.2) is 19.7 Å². The Balaban J connectivity index is 1.57. The zero-order valence-electron chi connectivity index (χ0n) is 13.9. The van der Waals surface area contributed by atoms with Gasteiger partial charge in [-0.1, -0.05) is 18.2 Å². The molecule has 2 heterocycles. The lowest BCUT2D eigenvalue weighted by molar-refractivity contribution is 0.236. The molecule has 1 fully saturated rings. The zero-order chi connectivity index (χ0) is 18.2. The SMILES string of the molecule is CC1CCC(NC(=O)NCC2CS(=O)(=O)c3ccccc32)CS1(=O)=O. The average Bonchev–Trinajstić information content (AvgIpc) is 2.80. The largest absolute Gasteiger partial charge is 0.338 e. The predicted octanol–water partition coefficient (Wildman–Crippen LogP) is 0.822. The van der Waals surface area contributed by atoms with Crippen LogP contribution >= 0.6 is 0 Å². The highest BCUT2D eigenvalue weighted by molar-refractivity contribution is 7.92. The third kappa shape index (κ3) is 3.82. The Hall–Kier alpha value is -1.61. The maximum absolute atomic E-state index is 12.1. The first-order valence-electron chi connectivity index (χ1n) is 8.26. The first kappa shape index (κ1) is 18.2. The molecule has 7 nitrogen and oxygen atoms in total. The number of carbonyl (C=O) groups excluding carboxylic acids is 1. The van der Waals surface area contributed by atoms with E-state index < -0.39 is 31.7 Å². The smallest absolute Gasteiger partial charge is 0.315 e. The topological polar surface area (TPSA) is 109 Å². The Bertz CT molecular complexity index is 880. The highest BCUT2D eigenvalue weighted by Gasteiger charge is 2.35. The van der Waals surface area contributed by atoms with Gasteiger partial charge in [-0.05, 0) is 31.4 Å². The van der Waals surface area contributed by atoms with E-state index in [1.54, 1.807) is 31.2 Å². The Kier molecular flexibility index (Phi) is 4.80. The monoisotopic (exact) mass is 386 g/mol. The zero-order valence-corrected chi connectivity index (χ0v) is 15.6. The Labute approximate surface area is 148 Å². The van der Waals surface area contributed by atoms with Gasteiger partial charge in [-0.15, -0.1) is 0 Å². The van der Waals surface area contributed by atoms with E-state index in [-0.39, 0.29) is 29.2 Å². The van der Waals surface area contributed by atoms with E-state index in [2.05, 4.69) is 10.6 Å². The molecule has 0 radical (unpaired) electrons. The second kappa shape index (κ2) is 6.60. The van der Waals surface area contributed by atoms with Gasteiger partial charge in [0.25, 0.3) is 0 Å². The van der Waals surface area contributed by atoms with Gasteiger partial charge in [-0.3, -0.25) is 0 Å². The number of urea groups is 1. The van der Waals surface area contributed by atoms with Crippen LogP contribution in [0.5, 0.6) is 0 Å². The third-order valence-corrected chi connectivity index (χ3v) is 9.14. The van der Waals surface area contributed by atoms with Crippen molar-refractivity contribution in [3.8, 4) is 0 Å². The summed E-state index contributed by atoms with van der Waals surface area (Å²) in [6, 6.07) is 5.94. The summed E-state index contributed by atoms with van der Waals surface area (Å²) in [6.45, 7) is 1.88. The molecule has 3 unspecified atom stereocenters. The molecule has 0 aliphatic carbocycles. The predicted molar refractivity (Wildman–Crippen MR) is 94.0 cm³/mol. The average molecular weight is 386 g/mol. The van der Waals surface area contributed by atoms with Gasteiger partial charge >= 0.3 is 6.03 Å². The van der Waals surface area contributed by atoms with Crippen LogP contribution in [0.3, 0.4) is 0 Å². The lowest BCUT2D eigenvalue weighted by Crippen LogP contribution is -2.49. The lowest BCUT2D eigenvalue weighted by Gasteiger charge is -2.27. The molecule has 0 spiro atoms. The summed E-state index contributed by atoms with van der Waals surface area (Å²) >= 11 is 0. The van der Waals surface area contributed by atoms with Gasteiger partial charge in [0, 0.05) is 18.5 Å². The summed E-state index contributed by atoms with van der Waals surface area (Å²) in [6.07, 6.45) is 1.15. The van der Waals surface area contributed by atoms with E-state index in [0.29, 0.717) is 17.7 Å². The van der Waals surface area contributed by atoms with Crippen molar-refractivity contribution >= 4 is 25.7 Å². The fourth-order valence-electron chi connectivity index (χ4n) is 3.42. The molecule has 0 aromatic heterocycles. The van der Waals surface area contributed by atoms with Crippen LogP contribution in [0.2, 0.25) is 0 Å². The molecule has 2 aliphatic rings. The molecule has 25 heavy (non-hydrogen) atoms. The molecular formula is C16H22N2O5S2. The number of hydrogen-bond acceptors (Lipinski definition) is 5. The van der Waals surface area contributed by atoms with Crippen molar-refractivity contribution in [3.63, 3.8) is 0 Å². The Morgan fingerprint density at radius 3 is 2.56 bits per heavy atom. The summed E-state index contributed by atoms with van der Waals surface area (Å²) in [7, 11) is -6.47. The number of amides is 2. The van der Waals surface area contributed by atoms with Gasteiger partial charge < -0.3 is 10.6 Å². The van der Waals surface area contributed by atoms with Crippen LogP contribution in [-0.2, 0) is 19.7 Å². The molecule has 9 heteroatoms. The number of sulfone groups is 2. The van der Waals surface area contributed by atoms with E-state index in [0.717, 1.165) is 5.56 Å². The van der Waals surface area contributed by atoms with Crippen LogP contribution in [-0.4, -0.2) is 52.2 Å². The van der Waals surface area contributed by atoms with Crippen molar-refractivity contribution < 1.29 is 21.6 Å². The van der Waals surface area contributed by atoms with E-state index in [9.17, 15) is 21.6 Å². The molecule has 0 saturated carbocycles. The molecule has 3 atom stereocenters. The number of rotatable bonds is 3. The van der Waals surface area contributed by atoms with Gasteiger partial charge in [0.2, 0.25) is 0 Å². The van der Waals surface area contributed by atoms with Crippen LogP contribution in [0, 0.1) is 0 Å². The van der Waals surface area contributed by atoms with E-state index in [1.165, 1.54) is 0 Å². The summed E-state index contributed by atoms with van der Waals surface area (Å²) in [5, 5.41) is 5.00. The van der Waals surface area contributed by atoms with Gasteiger partial charge in [0.1, 0.15) is 0 Å². The van der Waals surface area contributed by atoms with Crippen molar-refractivity contribution in [2.24, 2.45) is 0 Å². The minimum atomic E-state index is -3.30. The number of fused-ring (bicyclic) bond motifs is 1. The number of hydrogen-bond donors (Lipinski definition) is 2. The van der Waals surface area contributed by atoms with Crippen molar-refractivity contribution in [1.29, 1.82) is 0 Å². The molecule has 138 valence electrons. The summed E-state index contributed by atoms with van der Waals surface area (Å²) < 4.78 is 48.1. The maximum atomic E-state index is 12.1. The molecule has 0 bridgehead atoms. The minimum absolute atomic E-state index is 0.0258. The van der Waals surface area contributed by atoms with Crippen molar-refractivity contribution in [1.82, 2.24) is 10.6 Å². The molecule has 2 aliphatic heterocycles. The summed E-state index contributed by atoms with van der Waals surface area (Å²) in [5.41, 5.74) is 0.719. The van der Waals surface area contributed by atoms with Gasteiger partial charge in [-0.25, -0.2) is 21.6 Å². The molecule has 1 aromatic carbocycles. The van der Waals surface area contributed by atoms with Gasteiger partial charge in [0.05, 0.1) is 21.7 Å². The standard InChI is InChI=1S/C16H22N2O5S2/c1-11-6-7-13(10-24(11,20)21)18-16(19)17-8-12-9-25(22,23)15-5-3-2-4-14(12)15/h2-5,11-13H,6-10H2,1H3,(H2,17,18,19). The third-order valence-electron chi connectivity index (χ3n) is 4.93. The molecule has 3 rings (SSSR count). The van der Waals surface area contributed by atoms with E-state index >= 15 is 0 Å². The number of carbonyl (C=O) groups is 1. The second-order valence-corrected chi connectivity index (χ2v) is 11.3. The Morgan fingerprint density at radius 2 is 1.84 bits per heavy atom. The molecule has 1 aromatic rings. The fourth-order valence-corrected chi connectivity index (χ4v) is 6.94. The van der Waals surface area contributed by atoms with Crippen LogP contribution in [0.15, 0.2) is 29.2 Å². The van der Waals surface area contributed by atoms with E-state index in [1.807, 2.05) is 0 Å². The normalized spacial score (nSPS) is 29.6. The van der Waals surface area contributed by atoms with Crippen molar-refractivity contribution in [2.45, 2.75) is 41.9 Å². The summed E-state index contributed by atoms with van der Waals surface area (Å²) in [5.74, 6) is -0.369. The first-order chi connectivity index (χ1) is 11.7. The molecule has 1 saturated heterocycles. The van der Waals surface area contributed by atoms with Crippen molar-refractivity contribution in [2.75, 3.05) is 18.1 Å². The lowest BCUT2D eigenvalue weighted by atomic mass is 10.0. The second-order valence-electron chi connectivity index (χ2n) is 6.78. The highest BCUT2D eigenvalue weighted by atomic mass is 32.2. The van der Waals surface area contributed by atoms with E-state index in [4.69, 9.17) is 0 Å². The number of benzene rings is 1. The van der Waals surface area contributed by atoms with Crippen molar-refractivity contribution in [3.05, 3.63) is 29.8 Å².